The Morgan fingerprint density at radius 2 is 1.37 bits per heavy atom. The van der Waals surface area contributed by atoms with Gasteiger partial charge in [-0.05, 0) is 25.8 Å². The highest BCUT2D eigenvalue weighted by Crippen LogP contribution is 2.32. The monoisotopic (exact) mass is 369 g/mol. The Morgan fingerprint density at radius 1 is 0.778 bits per heavy atom. The van der Waals surface area contributed by atoms with Gasteiger partial charge in [0.05, 0.1) is 0 Å². The maximum Gasteiger partial charge on any atom is 0.137 e. The normalized spacial score (nSPS) is 15.8. The predicted octanol–water partition coefficient (Wildman–Crippen LogP) is 5.30. The summed E-state index contributed by atoms with van der Waals surface area (Å²) in [6.07, 6.45) is 10.2. The molecule has 0 bridgehead atoms. The number of aryl methyl sites for hydroxylation is 1. The minimum absolute atomic E-state index is 0.0215. The molecule has 1 aliphatic rings. The molecular formula is C22H35N5. The topological polar surface area (TPSA) is 64.5 Å². The van der Waals surface area contributed by atoms with Gasteiger partial charge in [0, 0.05) is 28.6 Å². The van der Waals surface area contributed by atoms with E-state index in [-0.39, 0.29) is 10.8 Å². The Morgan fingerprint density at radius 3 is 1.89 bits per heavy atom. The lowest BCUT2D eigenvalue weighted by Crippen LogP contribution is -2.18. The van der Waals surface area contributed by atoms with Gasteiger partial charge >= 0.3 is 0 Å². The maximum atomic E-state index is 4.76. The maximum absolute atomic E-state index is 4.76. The van der Waals surface area contributed by atoms with E-state index in [2.05, 4.69) is 67.5 Å². The lowest BCUT2D eigenvalue weighted by atomic mass is 9.86. The van der Waals surface area contributed by atoms with Gasteiger partial charge in [-0.3, -0.25) is 0 Å². The zero-order chi connectivity index (χ0) is 20.1. The van der Waals surface area contributed by atoms with Crippen LogP contribution in [0.5, 0.6) is 0 Å². The van der Waals surface area contributed by atoms with Gasteiger partial charge in [0.2, 0.25) is 0 Å². The van der Waals surface area contributed by atoms with Crippen LogP contribution in [-0.4, -0.2) is 24.9 Å². The average molecular weight is 370 g/mol. The van der Waals surface area contributed by atoms with Gasteiger partial charge in [-0.15, -0.1) is 0 Å². The molecule has 5 heteroatoms. The largest absolute Gasteiger partial charge is 0.241 e. The SMILES string of the molecule is CC(C)(C)c1nccc(C2CCCCC2)n1.Cc1ncnc(C(C)(C)C)n1. The number of hydrogen-bond donors (Lipinski definition) is 0. The molecular weight excluding hydrogens is 334 g/mol. The molecule has 0 spiro atoms. The highest BCUT2D eigenvalue weighted by molar-refractivity contribution is 5.12. The first-order chi connectivity index (χ1) is 12.6. The highest BCUT2D eigenvalue weighted by Gasteiger charge is 2.21. The molecule has 0 amide bonds. The first-order valence-corrected chi connectivity index (χ1v) is 10.1. The fourth-order valence-corrected chi connectivity index (χ4v) is 3.10. The van der Waals surface area contributed by atoms with Gasteiger partial charge in [0.1, 0.15) is 23.8 Å². The first kappa shape index (κ1) is 21.4. The molecule has 0 saturated heterocycles. The van der Waals surface area contributed by atoms with Crippen molar-refractivity contribution in [2.24, 2.45) is 0 Å². The zero-order valence-electron chi connectivity index (χ0n) is 18.1. The molecule has 2 heterocycles. The fourth-order valence-electron chi connectivity index (χ4n) is 3.10. The first-order valence-electron chi connectivity index (χ1n) is 10.1. The van der Waals surface area contributed by atoms with E-state index in [1.54, 1.807) is 6.33 Å². The molecule has 0 atom stereocenters. The summed E-state index contributed by atoms with van der Waals surface area (Å²) in [4.78, 5) is 21.4. The summed E-state index contributed by atoms with van der Waals surface area (Å²) in [5.74, 6) is 3.29. The molecule has 0 unspecified atom stereocenters. The summed E-state index contributed by atoms with van der Waals surface area (Å²) in [5.41, 5.74) is 1.35. The van der Waals surface area contributed by atoms with Crippen LogP contribution in [-0.2, 0) is 10.8 Å². The van der Waals surface area contributed by atoms with E-state index in [1.807, 2.05) is 13.1 Å². The molecule has 0 radical (unpaired) electrons. The Balaban J connectivity index is 0.000000208. The van der Waals surface area contributed by atoms with Crippen molar-refractivity contribution in [3.63, 3.8) is 0 Å². The quantitative estimate of drug-likeness (QED) is 0.682. The second-order valence-corrected chi connectivity index (χ2v) is 9.50. The molecule has 1 saturated carbocycles. The van der Waals surface area contributed by atoms with E-state index in [0.717, 1.165) is 17.5 Å². The molecule has 2 aromatic heterocycles. The van der Waals surface area contributed by atoms with Crippen molar-refractivity contribution in [2.45, 2.75) is 97.3 Å². The molecule has 1 aliphatic carbocycles. The third-order valence-corrected chi connectivity index (χ3v) is 4.73. The van der Waals surface area contributed by atoms with Gasteiger partial charge < -0.3 is 0 Å². The van der Waals surface area contributed by atoms with Gasteiger partial charge in [-0.25, -0.2) is 24.9 Å². The summed E-state index contributed by atoms with van der Waals surface area (Å²) in [7, 11) is 0. The Hall–Kier alpha value is -1.91. The highest BCUT2D eigenvalue weighted by atomic mass is 15.0. The van der Waals surface area contributed by atoms with Crippen LogP contribution < -0.4 is 0 Å². The van der Waals surface area contributed by atoms with E-state index in [9.17, 15) is 0 Å². The molecule has 0 aliphatic heterocycles. The third kappa shape index (κ3) is 6.64. The van der Waals surface area contributed by atoms with Crippen LogP contribution in [0.4, 0.5) is 0 Å². The van der Waals surface area contributed by atoms with Crippen LogP contribution in [0.2, 0.25) is 0 Å². The fraction of sp³-hybridized carbons (Fsp3) is 0.682. The van der Waals surface area contributed by atoms with Crippen molar-refractivity contribution in [2.75, 3.05) is 0 Å². The van der Waals surface area contributed by atoms with Gasteiger partial charge in [0.15, 0.2) is 0 Å². The van der Waals surface area contributed by atoms with Crippen LogP contribution >= 0.6 is 0 Å². The van der Waals surface area contributed by atoms with Crippen molar-refractivity contribution >= 4 is 0 Å². The smallest absolute Gasteiger partial charge is 0.137 e. The van der Waals surface area contributed by atoms with Crippen LogP contribution in [0, 0.1) is 6.92 Å². The van der Waals surface area contributed by atoms with E-state index >= 15 is 0 Å². The Labute approximate surface area is 164 Å². The van der Waals surface area contributed by atoms with Crippen LogP contribution in [0.15, 0.2) is 18.6 Å². The zero-order valence-corrected chi connectivity index (χ0v) is 18.1. The van der Waals surface area contributed by atoms with Crippen molar-refractivity contribution in [1.82, 2.24) is 24.9 Å². The third-order valence-electron chi connectivity index (χ3n) is 4.73. The van der Waals surface area contributed by atoms with E-state index in [4.69, 9.17) is 4.98 Å². The lowest BCUT2D eigenvalue weighted by Gasteiger charge is -2.23. The Kier molecular flexibility index (Phi) is 7.01. The average Bonchev–Trinajstić information content (AvgIpc) is 2.62. The van der Waals surface area contributed by atoms with E-state index < -0.39 is 0 Å². The number of rotatable bonds is 1. The van der Waals surface area contributed by atoms with Crippen LogP contribution in [0.1, 0.15) is 103 Å². The van der Waals surface area contributed by atoms with Crippen molar-refractivity contribution in [3.8, 4) is 0 Å². The molecule has 27 heavy (non-hydrogen) atoms. The summed E-state index contributed by atoms with van der Waals surface area (Å²) in [6.45, 7) is 14.6. The molecule has 148 valence electrons. The van der Waals surface area contributed by atoms with Gasteiger partial charge in [0.25, 0.3) is 0 Å². The molecule has 2 aromatic rings. The molecule has 0 aromatic carbocycles. The van der Waals surface area contributed by atoms with Gasteiger partial charge in [-0.2, -0.15) is 0 Å². The standard InChI is InChI=1S/C14H22N2.C8H13N3/c1-14(2,3)13-15-10-9-12(16-13)11-7-5-4-6-8-11;1-6-9-5-10-7(11-6)8(2,3)4/h9-11H,4-8H2,1-3H3;5H,1-4H3. The molecule has 0 N–H and O–H groups in total. The van der Waals surface area contributed by atoms with Crippen molar-refractivity contribution < 1.29 is 0 Å². The summed E-state index contributed by atoms with van der Waals surface area (Å²) < 4.78 is 0. The number of aromatic nitrogens is 5. The number of nitrogens with zero attached hydrogens (tertiary/aromatic N) is 5. The van der Waals surface area contributed by atoms with Crippen molar-refractivity contribution in [3.05, 3.63) is 41.8 Å². The minimum Gasteiger partial charge on any atom is -0.241 e. The summed E-state index contributed by atoms with van der Waals surface area (Å²) in [5, 5.41) is 0. The summed E-state index contributed by atoms with van der Waals surface area (Å²) >= 11 is 0. The van der Waals surface area contributed by atoms with Crippen LogP contribution in [0.25, 0.3) is 0 Å². The van der Waals surface area contributed by atoms with E-state index in [0.29, 0.717) is 5.92 Å². The molecule has 3 rings (SSSR count). The Bertz CT molecular complexity index is 722. The summed E-state index contributed by atoms with van der Waals surface area (Å²) in [6, 6.07) is 2.10. The second-order valence-electron chi connectivity index (χ2n) is 9.50. The minimum atomic E-state index is 0.0215. The van der Waals surface area contributed by atoms with Crippen molar-refractivity contribution in [1.29, 1.82) is 0 Å². The molecule has 5 nitrogen and oxygen atoms in total. The number of hydrogen-bond acceptors (Lipinski definition) is 5. The second kappa shape index (κ2) is 8.85. The predicted molar refractivity (Wildman–Crippen MR) is 110 cm³/mol. The van der Waals surface area contributed by atoms with Crippen LogP contribution in [0.3, 0.4) is 0 Å². The van der Waals surface area contributed by atoms with Gasteiger partial charge in [-0.1, -0.05) is 60.8 Å². The lowest BCUT2D eigenvalue weighted by molar-refractivity contribution is 0.431. The molecule has 1 fully saturated rings. The van der Waals surface area contributed by atoms with E-state index in [1.165, 1.54) is 37.8 Å².